The molecule has 1 aromatic heterocycles. The summed E-state index contributed by atoms with van der Waals surface area (Å²) in [6.07, 6.45) is 3.97. The van der Waals surface area contributed by atoms with Crippen molar-refractivity contribution in [1.82, 2.24) is 4.98 Å². The van der Waals surface area contributed by atoms with Gasteiger partial charge in [0.2, 0.25) is 0 Å². The molecule has 1 heterocycles. The number of nitrogens with zero attached hydrogens (tertiary/aromatic N) is 1. The number of hydrogen-bond donors (Lipinski definition) is 0. The van der Waals surface area contributed by atoms with E-state index in [0.29, 0.717) is 5.56 Å². The molecule has 0 saturated carbocycles. The molecule has 9 heavy (non-hydrogen) atoms. The SMILES string of the molecule is Br.O=Cc1ccncc1. The normalized spacial score (nSPS) is 7.56. The zero-order chi connectivity index (χ0) is 5.82. The topological polar surface area (TPSA) is 30.0 Å². The first kappa shape index (κ1) is 8.30. The number of carbonyl (C=O) groups is 1. The molecule has 48 valence electrons. The van der Waals surface area contributed by atoms with Crippen molar-refractivity contribution < 1.29 is 4.79 Å². The number of rotatable bonds is 1. The lowest BCUT2D eigenvalue weighted by atomic mass is 10.3. The van der Waals surface area contributed by atoms with E-state index in [9.17, 15) is 4.79 Å². The van der Waals surface area contributed by atoms with Crippen molar-refractivity contribution in [3.05, 3.63) is 30.1 Å². The van der Waals surface area contributed by atoms with Crippen LogP contribution < -0.4 is 0 Å². The Labute approximate surface area is 63.7 Å². The summed E-state index contributed by atoms with van der Waals surface area (Å²) in [5.74, 6) is 0. The van der Waals surface area contributed by atoms with Gasteiger partial charge in [0, 0.05) is 18.0 Å². The Morgan fingerprint density at radius 3 is 2.22 bits per heavy atom. The minimum Gasteiger partial charge on any atom is -0.298 e. The molecule has 0 saturated heterocycles. The maximum atomic E-state index is 9.98. The summed E-state index contributed by atoms with van der Waals surface area (Å²) in [5, 5.41) is 0. The number of pyridine rings is 1. The van der Waals surface area contributed by atoms with Crippen LogP contribution in [0.1, 0.15) is 10.4 Å². The van der Waals surface area contributed by atoms with Gasteiger partial charge in [-0.1, -0.05) is 0 Å². The Hall–Kier alpha value is -0.700. The molecule has 0 aliphatic rings. The highest BCUT2D eigenvalue weighted by atomic mass is 79.9. The third kappa shape index (κ3) is 2.37. The van der Waals surface area contributed by atoms with Crippen molar-refractivity contribution in [3.8, 4) is 0 Å². The molecule has 0 amide bonds. The fourth-order valence-corrected chi connectivity index (χ4v) is 0.442. The van der Waals surface area contributed by atoms with Gasteiger partial charge in [-0.05, 0) is 12.1 Å². The molecule has 0 bridgehead atoms. The lowest BCUT2D eigenvalue weighted by Gasteiger charge is -1.81. The maximum Gasteiger partial charge on any atom is 0.150 e. The molecule has 0 aromatic carbocycles. The minimum absolute atomic E-state index is 0. The van der Waals surface area contributed by atoms with Gasteiger partial charge in [-0.25, -0.2) is 0 Å². The molecule has 1 rings (SSSR count). The fourth-order valence-electron chi connectivity index (χ4n) is 0.442. The number of carbonyl (C=O) groups excluding carboxylic acids is 1. The lowest BCUT2D eigenvalue weighted by molar-refractivity contribution is 0.112. The van der Waals surface area contributed by atoms with Crippen molar-refractivity contribution in [1.29, 1.82) is 0 Å². The first-order valence-corrected chi connectivity index (χ1v) is 2.28. The minimum atomic E-state index is 0. The summed E-state index contributed by atoms with van der Waals surface area (Å²) in [7, 11) is 0. The number of aldehydes is 1. The van der Waals surface area contributed by atoms with Gasteiger partial charge in [0.25, 0.3) is 0 Å². The van der Waals surface area contributed by atoms with E-state index in [1.807, 2.05) is 0 Å². The number of halogens is 1. The number of hydrogen-bond acceptors (Lipinski definition) is 2. The Morgan fingerprint density at radius 1 is 1.33 bits per heavy atom. The summed E-state index contributed by atoms with van der Waals surface area (Å²) in [5.41, 5.74) is 0.667. The predicted octanol–water partition coefficient (Wildman–Crippen LogP) is 1.47. The molecule has 1 aromatic rings. The lowest BCUT2D eigenvalue weighted by Crippen LogP contribution is -1.76. The van der Waals surface area contributed by atoms with Gasteiger partial charge in [0.1, 0.15) is 6.29 Å². The largest absolute Gasteiger partial charge is 0.298 e. The van der Waals surface area contributed by atoms with E-state index in [4.69, 9.17) is 0 Å². The molecule has 2 nitrogen and oxygen atoms in total. The Bertz CT molecular complexity index is 176. The molecule has 0 spiro atoms. The van der Waals surface area contributed by atoms with Crippen molar-refractivity contribution in [2.75, 3.05) is 0 Å². The van der Waals surface area contributed by atoms with E-state index in [2.05, 4.69) is 4.98 Å². The second-order valence-corrected chi connectivity index (χ2v) is 1.40. The van der Waals surface area contributed by atoms with Gasteiger partial charge < -0.3 is 0 Å². The van der Waals surface area contributed by atoms with Crippen LogP contribution in [0.15, 0.2) is 24.5 Å². The van der Waals surface area contributed by atoms with E-state index in [1.54, 1.807) is 24.5 Å². The molecular formula is C6H6BrNO. The van der Waals surface area contributed by atoms with Gasteiger partial charge in [0.15, 0.2) is 0 Å². The van der Waals surface area contributed by atoms with Crippen LogP contribution in [0.5, 0.6) is 0 Å². The zero-order valence-electron chi connectivity index (χ0n) is 4.65. The van der Waals surface area contributed by atoms with Crippen LogP contribution in [-0.2, 0) is 0 Å². The highest BCUT2D eigenvalue weighted by Crippen LogP contribution is 1.88. The number of aromatic nitrogens is 1. The fraction of sp³-hybridized carbons (Fsp3) is 0. The third-order valence-electron chi connectivity index (χ3n) is 0.842. The standard InChI is InChI=1S/C6H5NO.BrH/c8-5-6-1-3-7-4-2-6;/h1-5H;1H. The van der Waals surface area contributed by atoms with Crippen LogP contribution in [0.25, 0.3) is 0 Å². The van der Waals surface area contributed by atoms with Crippen LogP contribution in [0.4, 0.5) is 0 Å². The van der Waals surface area contributed by atoms with Gasteiger partial charge >= 0.3 is 0 Å². The molecule has 0 unspecified atom stereocenters. The molecule has 0 radical (unpaired) electrons. The van der Waals surface area contributed by atoms with Crippen LogP contribution >= 0.6 is 17.0 Å². The molecule has 0 N–H and O–H groups in total. The van der Waals surface area contributed by atoms with Gasteiger partial charge in [-0.15, -0.1) is 17.0 Å². The molecular weight excluding hydrogens is 182 g/mol. The molecule has 0 fully saturated rings. The quantitative estimate of drug-likeness (QED) is 0.624. The van der Waals surface area contributed by atoms with Gasteiger partial charge in [0.05, 0.1) is 0 Å². The van der Waals surface area contributed by atoms with Crippen molar-refractivity contribution in [2.24, 2.45) is 0 Å². The van der Waals surface area contributed by atoms with Gasteiger partial charge in [-0.3, -0.25) is 9.78 Å². The van der Waals surface area contributed by atoms with Crippen molar-refractivity contribution in [2.45, 2.75) is 0 Å². The van der Waals surface area contributed by atoms with E-state index >= 15 is 0 Å². The highest BCUT2D eigenvalue weighted by Gasteiger charge is 1.80. The summed E-state index contributed by atoms with van der Waals surface area (Å²) < 4.78 is 0. The Morgan fingerprint density at radius 2 is 1.89 bits per heavy atom. The van der Waals surface area contributed by atoms with Crippen molar-refractivity contribution >= 4 is 23.3 Å². The average Bonchev–Trinajstić information content (AvgIpc) is 1.90. The van der Waals surface area contributed by atoms with Crippen LogP contribution in [0, 0.1) is 0 Å². The molecule has 0 aliphatic heterocycles. The predicted molar refractivity (Wildman–Crippen MR) is 39.9 cm³/mol. The monoisotopic (exact) mass is 187 g/mol. The second kappa shape index (κ2) is 4.21. The van der Waals surface area contributed by atoms with E-state index < -0.39 is 0 Å². The summed E-state index contributed by atoms with van der Waals surface area (Å²) in [6.45, 7) is 0. The molecule has 0 aliphatic carbocycles. The van der Waals surface area contributed by atoms with Crippen LogP contribution in [0.3, 0.4) is 0 Å². The Kier molecular flexibility index (Phi) is 3.88. The summed E-state index contributed by atoms with van der Waals surface area (Å²) >= 11 is 0. The molecule has 3 heteroatoms. The van der Waals surface area contributed by atoms with Crippen molar-refractivity contribution in [3.63, 3.8) is 0 Å². The average molecular weight is 188 g/mol. The first-order valence-electron chi connectivity index (χ1n) is 2.28. The molecule has 0 atom stereocenters. The zero-order valence-corrected chi connectivity index (χ0v) is 6.36. The Balaban J connectivity index is 0.000000640. The smallest absolute Gasteiger partial charge is 0.150 e. The third-order valence-corrected chi connectivity index (χ3v) is 0.842. The summed E-state index contributed by atoms with van der Waals surface area (Å²) in [4.78, 5) is 13.7. The van der Waals surface area contributed by atoms with Gasteiger partial charge in [-0.2, -0.15) is 0 Å². The van der Waals surface area contributed by atoms with E-state index in [-0.39, 0.29) is 17.0 Å². The van der Waals surface area contributed by atoms with Crippen LogP contribution in [0.2, 0.25) is 0 Å². The maximum absolute atomic E-state index is 9.98. The highest BCUT2D eigenvalue weighted by molar-refractivity contribution is 8.93. The van der Waals surface area contributed by atoms with Crippen LogP contribution in [-0.4, -0.2) is 11.3 Å². The first-order chi connectivity index (χ1) is 3.93. The second-order valence-electron chi connectivity index (χ2n) is 1.40. The van der Waals surface area contributed by atoms with E-state index in [1.165, 1.54) is 0 Å². The van der Waals surface area contributed by atoms with E-state index in [0.717, 1.165) is 6.29 Å². The summed E-state index contributed by atoms with van der Waals surface area (Å²) in [6, 6.07) is 3.32.